The summed E-state index contributed by atoms with van der Waals surface area (Å²) >= 11 is 0. The van der Waals surface area contributed by atoms with E-state index >= 15 is 0 Å². The molecule has 7 heteroatoms. The number of hydrogen-bond donors (Lipinski definition) is 1. The van der Waals surface area contributed by atoms with Gasteiger partial charge in [-0.15, -0.1) is 0 Å². The van der Waals surface area contributed by atoms with Crippen molar-refractivity contribution in [2.24, 2.45) is 0 Å². The lowest BCUT2D eigenvalue weighted by Gasteiger charge is -2.09. The van der Waals surface area contributed by atoms with Crippen LogP contribution in [0.25, 0.3) is 0 Å². The van der Waals surface area contributed by atoms with E-state index in [1.807, 2.05) is 0 Å². The fraction of sp³-hybridized carbons (Fsp3) is 0.417. The predicted octanol–water partition coefficient (Wildman–Crippen LogP) is 1.09. The Labute approximate surface area is 111 Å². The summed E-state index contributed by atoms with van der Waals surface area (Å²) in [5.41, 5.74) is 0.531. The van der Waals surface area contributed by atoms with E-state index < -0.39 is 22.2 Å². The first kappa shape index (κ1) is 15.3. The minimum Gasteiger partial charge on any atom is -0.493 e. The Morgan fingerprint density at radius 1 is 1.21 bits per heavy atom. The van der Waals surface area contributed by atoms with Gasteiger partial charge in [-0.05, 0) is 17.7 Å². The summed E-state index contributed by atoms with van der Waals surface area (Å²) < 4.78 is 33.6. The van der Waals surface area contributed by atoms with Crippen molar-refractivity contribution in [2.75, 3.05) is 20.0 Å². The smallest absolute Gasteiger partial charge is 0.304 e. The standard InChI is InChI=1S/C12H16O6S/c1-17-10-4-3-9(7-11(10)18-2)8-19(15,16)6-5-12(13)14/h3-4,7H,5-6,8H2,1-2H3,(H,13,14). The molecule has 0 radical (unpaired) electrons. The van der Waals surface area contributed by atoms with Crippen molar-refractivity contribution in [1.29, 1.82) is 0 Å². The summed E-state index contributed by atoms with van der Waals surface area (Å²) in [6.07, 6.45) is -0.393. The van der Waals surface area contributed by atoms with E-state index in [4.69, 9.17) is 14.6 Å². The zero-order chi connectivity index (χ0) is 14.5. The van der Waals surface area contributed by atoms with Crippen LogP contribution in [0.5, 0.6) is 11.5 Å². The first-order chi connectivity index (χ1) is 8.88. The van der Waals surface area contributed by atoms with Gasteiger partial charge in [-0.3, -0.25) is 4.79 Å². The van der Waals surface area contributed by atoms with Crippen molar-refractivity contribution in [3.63, 3.8) is 0 Å². The van der Waals surface area contributed by atoms with Crippen LogP contribution < -0.4 is 9.47 Å². The van der Waals surface area contributed by atoms with Crippen molar-refractivity contribution >= 4 is 15.8 Å². The van der Waals surface area contributed by atoms with Crippen LogP contribution in [0.15, 0.2) is 18.2 Å². The average Bonchev–Trinajstić information content (AvgIpc) is 2.36. The van der Waals surface area contributed by atoms with Gasteiger partial charge in [-0.2, -0.15) is 0 Å². The summed E-state index contributed by atoms with van der Waals surface area (Å²) in [6, 6.07) is 4.79. The van der Waals surface area contributed by atoms with E-state index in [2.05, 4.69) is 0 Å². The summed E-state index contributed by atoms with van der Waals surface area (Å²) in [5.74, 6) is -0.782. The molecule has 0 unspecified atom stereocenters. The largest absolute Gasteiger partial charge is 0.493 e. The van der Waals surface area contributed by atoms with Gasteiger partial charge in [0.25, 0.3) is 0 Å². The molecule has 0 aliphatic heterocycles. The van der Waals surface area contributed by atoms with Gasteiger partial charge in [0.15, 0.2) is 21.3 Å². The number of aliphatic carboxylic acids is 1. The molecule has 1 aromatic rings. The Morgan fingerprint density at radius 3 is 2.37 bits per heavy atom. The number of carboxylic acid groups (broad SMARTS) is 1. The monoisotopic (exact) mass is 288 g/mol. The SMILES string of the molecule is COc1ccc(CS(=O)(=O)CCC(=O)O)cc1OC. The molecule has 0 saturated carbocycles. The maximum absolute atomic E-state index is 11.7. The van der Waals surface area contributed by atoms with Crippen LogP contribution in [-0.4, -0.2) is 39.5 Å². The molecule has 0 fully saturated rings. The third-order valence-electron chi connectivity index (χ3n) is 2.46. The first-order valence-electron chi connectivity index (χ1n) is 5.51. The molecular formula is C12H16O6S. The van der Waals surface area contributed by atoms with Gasteiger partial charge in [0.05, 0.1) is 32.1 Å². The maximum atomic E-state index is 11.7. The Hall–Kier alpha value is -1.76. The van der Waals surface area contributed by atoms with Gasteiger partial charge in [0, 0.05) is 0 Å². The van der Waals surface area contributed by atoms with Crippen molar-refractivity contribution in [1.82, 2.24) is 0 Å². The lowest BCUT2D eigenvalue weighted by Crippen LogP contribution is -2.13. The molecule has 19 heavy (non-hydrogen) atoms. The maximum Gasteiger partial charge on any atom is 0.304 e. The molecule has 0 aliphatic carbocycles. The van der Waals surface area contributed by atoms with Crippen LogP contribution in [-0.2, 0) is 20.4 Å². The van der Waals surface area contributed by atoms with Gasteiger partial charge in [0.2, 0.25) is 0 Å². The molecule has 0 amide bonds. The summed E-state index contributed by atoms with van der Waals surface area (Å²) in [4.78, 5) is 10.4. The van der Waals surface area contributed by atoms with Crippen LogP contribution in [0, 0.1) is 0 Å². The second kappa shape index (κ2) is 6.42. The molecule has 1 rings (SSSR count). The molecule has 0 atom stereocenters. The molecular weight excluding hydrogens is 272 g/mol. The fourth-order valence-corrected chi connectivity index (χ4v) is 2.86. The van der Waals surface area contributed by atoms with Gasteiger partial charge in [-0.25, -0.2) is 8.42 Å². The summed E-state index contributed by atoms with van der Waals surface area (Å²) in [5, 5.41) is 8.49. The van der Waals surface area contributed by atoms with E-state index in [1.165, 1.54) is 14.2 Å². The second-order valence-corrected chi connectivity index (χ2v) is 6.11. The minimum absolute atomic E-state index is 0.222. The Bertz CT molecular complexity index is 549. The molecule has 0 aliphatic rings. The minimum atomic E-state index is -3.45. The first-order valence-corrected chi connectivity index (χ1v) is 7.33. The highest BCUT2D eigenvalue weighted by atomic mass is 32.2. The molecule has 0 heterocycles. The Balaban J connectivity index is 2.84. The van der Waals surface area contributed by atoms with Crippen molar-refractivity contribution < 1.29 is 27.8 Å². The van der Waals surface area contributed by atoms with Crippen LogP contribution >= 0.6 is 0 Å². The molecule has 106 valence electrons. The van der Waals surface area contributed by atoms with E-state index in [0.717, 1.165) is 0 Å². The van der Waals surface area contributed by atoms with E-state index in [1.54, 1.807) is 18.2 Å². The highest BCUT2D eigenvalue weighted by molar-refractivity contribution is 7.90. The number of carbonyl (C=O) groups is 1. The Morgan fingerprint density at radius 2 is 1.84 bits per heavy atom. The topological polar surface area (TPSA) is 89.9 Å². The van der Waals surface area contributed by atoms with Gasteiger partial charge in [-0.1, -0.05) is 6.07 Å². The Kier molecular flexibility index (Phi) is 5.17. The third-order valence-corrected chi connectivity index (χ3v) is 4.06. The molecule has 1 aromatic carbocycles. The quantitative estimate of drug-likeness (QED) is 0.808. The zero-order valence-electron chi connectivity index (χ0n) is 10.8. The van der Waals surface area contributed by atoms with Crippen molar-refractivity contribution in [3.8, 4) is 11.5 Å². The molecule has 0 saturated heterocycles. The number of carboxylic acids is 1. The van der Waals surface area contributed by atoms with Crippen LogP contribution in [0.1, 0.15) is 12.0 Å². The summed E-state index contributed by atoms with van der Waals surface area (Å²) in [6.45, 7) is 0. The zero-order valence-corrected chi connectivity index (χ0v) is 11.6. The highest BCUT2D eigenvalue weighted by Crippen LogP contribution is 2.28. The van der Waals surface area contributed by atoms with E-state index in [-0.39, 0.29) is 11.5 Å². The van der Waals surface area contributed by atoms with Gasteiger partial charge < -0.3 is 14.6 Å². The molecule has 0 aromatic heterocycles. The van der Waals surface area contributed by atoms with E-state index in [0.29, 0.717) is 17.1 Å². The lowest BCUT2D eigenvalue weighted by atomic mass is 10.2. The number of methoxy groups -OCH3 is 2. The number of sulfone groups is 1. The van der Waals surface area contributed by atoms with Crippen LogP contribution in [0.3, 0.4) is 0 Å². The summed E-state index contributed by atoms with van der Waals surface area (Å²) in [7, 11) is -0.505. The number of benzene rings is 1. The lowest BCUT2D eigenvalue weighted by molar-refractivity contribution is -0.136. The van der Waals surface area contributed by atoms with Crippen LogP contribution in [0.2, 0.25) is 0 Å². The van der Waals surface area contributed by atoms with Crippen molar-refractivity contribution in [3.05, 3.63) is 23.8 Å². The molecule has 6 nitrogen and oxygen atoms in total. The van der Waals surface area contributed by atoms with Crippen LogP contribution in [0.4, 0.5) is 0 Å². The average molecular weight is 288 g/mol. The molecule has 0 spiro atoms. The number of rotatable bonds is 7. The highest BCUT2D eigenvalue weighted by Gasteiger charge is 2.15. The fourth-order valence-electron chi connectivity index (χ4n) is 1.54. The normalized spacial score (nSPS) is 11.1. The van der Waals surface area contributed by atoms with Gasteiger partial charge in [0.1, 0.15) is 0 Å². The number of ether oxygens (including phenoxy) is 2. The van der Waals surface area contributed by atoms with Crippen molar-refractivity contribution in [2.45, 2.75) is 12.2 Å². The number of hydrogen-bond acceptors (Lipinski definition) is 5. The molecule has 0 bridgehead atoms. The van der Waals surface area contributed by atoms with Gasteiger partial charge >= 0.3 is 5.97 Å². The second-order valence-electron chi connectivity index (χ2n) is 3.93. The van der Waals surface area contributed by atoms with E-state index in [9.17, 15) is 13.2 Å². The third kappa shape index (κ3) is 4.78. The molecule has 1 N–H and O–H groups in total. The predicted molar refractivity (Wildman–Crippen MR) is 69.3 cm³/mol.